The van der Waals surface area contributed by atoms with Gasteiger partial charge in [0.05, 0.1) is 11.2 Å². The Hall–Kier alpha value is -2.67. The van der Waals surface area contributed by atoms with Crippen molar-refractivity contribution in [3.05, 3.63) is 51.7 Å². The molecular weight excluding hydrogens is 286 g/mol. The summed E-state index contributed by atoms with van der Waals surface area (Å²) in [6, 6.07) is 7.62. The Balaban J connectivity index is 2.02. The van der Waals surface area contributed by atoms with Crippen LogP contribution in [0, 0.1) is 10.1 Å². The number of benzene rings is 1. The van der Waals surface area contributed by atoms with Gasteiger partial charge in [-0.1, -0.05) is 16.8 Å². The fraction of sp³-hybridized carbons (Fsp3) is 0. The topological polar surface area (TPSA) is 95.2 Å². The third kappa shape index (κ3) is 2.14. The molecule has 8 heteroatoms. The zero-order chi connectivity index (χ0) is 14.1. The highest BCUT2D eigenvalue weighted by Crippen LogP contribution is 2.30. The Bertz CT molecular complexity index is 767. The van der Waals surface area contributed by atoms with Crippen molar-refractivity contribution in [1.82, 2.24) is 10.1 Å². The van der Waals surface area contributed by atoms with Gasteiger partial charge in [0.25, 0.3) is 11.6 Å². The Morgan fingerprint density at radius 2 is 2.15 bits per heavy atom. The normalized spacial score (nSPS) is 10.7. The lowest BCUT2D eigenvalue weighted by Gasteiger charge is -1.97. The Kier molecular flexibility index (Phi) is 2.96. The molecule has 0 aliphatic rings. The minimum absolute atomic E-state index is 0.0459. The van der Waals surface area contributed by atoms with Crippen molar-refractivity contribution in [1.29, 1.82) is 0 Å². The molecule has 1 aromatic carbocycles. The quantitative estimate of drug-likeness (QED) is 0.541. The number of halogens is 1. The van der Waals surface area contributed by atoms with E-state index in [1.165, 1.54) is 18.4 Å². The van der Waals surface area contributed by atoms with E-state index in [0.29, 0.717) is 11.3 Å². The maximum Gasteiger partial charge on any atom is 0.288 e. The van der Waals surface area contributed by atoms with Crippen LogP contribution in [-0.2, 0) is 0 Å². The first kappa shape index (κ1) is 12.4. The molecule has 0 amide bonds. The molecule has 0 unspecified atom stereocenters. The summed E-state index contributed by atoms with van der Waals surface area (Å²) in [5.41, 5.74) is 0.188. The smallest absolute Gasteiger partial charge is 0.288 e. The van der Waals surface area contributed by atoms with Crippen molar-refractivity contribution in [2.24, 2.45) is 0 Å². The predicted molar refractivity (Wildman–Crippen MR) is 69.1 cm³/mol. The number of furan rings is 1. The SMILES string of the molecule is O=[N+]([O-])c1cc(-c2nc(-c3ccco3)no2)ccc1Cl. The molecule has 0 atom stereocenters. The van der Waals surface area contributed by atoms with Crippen LogP contribution in [0.5, 0.6) is 0 Å². The highest BCUT2D eigenvalue weighted by molar-refractivity contribution is 6.32. The van der Waals surface area contributed by atoms with Gasteiger partial charge in [-0.25, -0.2) is 0 Å². The summed E-state index contributed by atoms with van der Waals surface area (Å²) in [6.07, 6.45) is 1.48. The average molecular weight is 292 g/mol. The van der Waals surface area contributed by atoms with Crippen LogP contribution in [0.2, 0.25) is 5.02 Å². The fourth-order valence-corrected chi connectivity index (χ4v) is 1.82. The molecule has 0 radical (unpaired) electrons. The molecule has 2 heterocycles. The van der Waals surface area contributed by atoms with E-state index in [-0.39, 0.29) is 22.4 Å². The fourth-order valence-electron chi connectivity index (χ4n) is 1.63. The van der Waals surface area contributed by atoms with Crippen molar-refractivity contribution in [3.8, 4) is 23.0 Å². The number of nitro groups is 1. The van der Waals surface area contributed by atoms with Crippen LogP contribution >= 0.6 is 11.6 Å². The lowest BCUT2D eigenvalue weighted by molar-refractivity contribution is -0.384. The first-order valence-electron chi connectivity index (χ1n) is 5.47. The molecule has 3 rings (SSSR count). The Morgan fingerprint density at radius 1 is 1.30 bits per heavy atom. The Morgan fingerprint density at radius 3 is 2.85 bits per heavy atom. The second-order valence-corrected chi connectivity index (χ2v) is 4.23. The summed E-state index contributed by atoms with van der Waals surface area (Å²) in [6.45, 7) is 0. The minimum Gasteiger partial charge on any atom is -0.461 e. The molecule has 0 spiro atoms. The highest BCUT2D eigenvalue weighted by Gasteiger charge is 2.18. The van der Waals surface area contributed by atoms with Gasteiger partial charge >= 0.3 is 0 Å². The maximum atomic E-state index is 10.8. The molecule has 0 fully saturated rings. The van der Waals surface area contributed by atoms with Gasteiger partial charge in [0, 0.05) is 11.6 Å². The number of nitrogens with zero attached hydrogens (tertiary/aromatic N) is 3. The van der Waals surface area contributed by atoms with Crippen LogP contribution in [-0.4, -0.2) is 15.1 Å². The molecule has 7 nitrogen and oxygen atoms in total. The predicted octanol–water partition coefficient (Wildman–Crippen LogP) is 3.56. The summed E-state index contributed by atoms with van der Waals surface area (Å²) >= 11 is 5.74. The van der Waals surface area contributed by atoms with Gasteiger partial charge < -0.3 is 8.94 Å². The summed E-state index contributed by atoms with van der Waals surface area (Å²) in [4.78, 5) is 14.4. The van der Waals surface area contributed by atoms with Crippen molar-refractivity contribution < 1.29 is 13.9 Å². The molecule has 0 aliphatic heterocycles. The molecule has 0 saturated heterocycles. The van der Waals surface area contributed by atoms with E-state index >= 15 is 0 Å². The van der Waals surface area contributed by atoms with E-state index in [2.05, 4.69) is 10.1 Å². The minimum atomic E-state index is -0.574. The molecule has 0 N–H and O–H groups in total. The van der Waals surface area contributed by atoms with Gasteiger partial charge in [-0.15, -0.1) is 0 Å². The number of hydrogen-bond donors (Lipinski definition) is 0. The Labute approximate surface area is 116 Å². The van der Waals surface area contributed by atoms with Crippen molar-refractivity contribution in [2.45, 2.75) is 0 Å². The molecule has 2 aromatic heterocycles. The van der Waals surface area contributed by atoms with Crippen molar-refractivity contribution >= 4 is 17.3 Å². The van der Waals surface area contributed by atoms with Crippen LogP contribution in [0.15, 0.2) is 45.5 Å². The monoisotopic (exact) mass is 291 g/mol. The van der Waals surface area contributed by atoms with Crippen molar-refractivity contribution in [2.75, 3.05) is 0 Å². The van der Waals surface area contributed by atoms with E-state index in [4.69, 9.17) is 20.5 Å². The number of rotatable bonds is 3. The third-order valence-electron chi connectivity index (χ3n) is 2.56. The largest absolute Gasteiger partial charge is 0.461 e. The van der Waals surface area contributed by atoms with Crippen molar-refractivity contribution in [3.63, 3.8) is 0 Å². The van der Waals surface area contributed by atoms with Crippen LogP contribution in [0.4, 0.5) is 5.69 Å². The van der Waals surface area contributed by atoms with Crippen LogP contribution in [0.25, 0.3) is 23.0 Å². The van der Waals surface area contributed by atoms with E-state index in [1.54, 1.807) is 18.2 Å². The molecule has 3 aromatic rings. The van der Waals surface area contributed by atoms with Gasteiger partial charge in [0.2, 0.25) is 5.82 Å². The van der Waals surface area contributed by atoms with Gasteiger partial charge in [-0.05, 0) is 24.3 Å². The van der Waals surface area contributed by atoms with E-state index in [9.17, 15) is 10.1 Å². The summed E-state index contributed by atoms with van der Waals surface area (Å²) < 4.78 is 10.2. The molecule has 0 aliphatic carbocycles. The van der Waals surface area contributed by atoms with Gasteiger partial charge in [0.15, 0.2) is 5.76 Å². The first-order chi connectivity index (χ1) is 9.65. The second-order valence-electron chi connectivity index (χ2n) is 3.82. The molecule has 100 valence electrons. The third-order valence-corrected chi connectivity index (χ3v) is 2.88. The number of aromatic nitrogens is 2. The molecule has 0 bridgehead atoms. The van der Waals surface area contributed by atoms with Gasteiger partial charge in [-0.3, -0.25) is 10.1 Å². The average Bonchev–Trinajstić information content (AvgIpc) is 3.09. The van der Waals surface area contributed by atoms with Crippen LogP contribution in [0.1, 0.15) is 0 Å². The zero-order valence-corrected chi connectivity index (χ0v) is 10.6. The summed E-state index contributed by atoms with van der Waals surface area (Å²) in [5.74, 6) is 0.863. The van der Waals surface area contributed by atoms with E-state index in [0.717, 1.165) is 0 Å². The first-order valence-corrected chi connectivity index (χ1v) is 5.85. The molecule has 0 saturated carbocycles. The zero-order valence-electron chi connectivity index (χ0n) is 9.82. The van der Waals surface area contributed by atoms with E-state index in [1.807, 2.05) is 0 Å². The van der Waals surface area contributed by atoms with Gasteiger partial charge in [0.1, 0.15) is 5.02 Å². The molecule has 20 heavy (non-hydrogen) atoms. The van der Waals surface area contributed by atoms with Gasteiger partial charge in [-0.2, -0.15) is 4.98 Å². The van der Waals surface area contributed by atoms with Crippen LogP contribution < -0.4 is 0 Å². The lowest BCUT2D eigenvalue weighted by atomic mass is 10.2. The second kappa shape index (κ2) is 4.78. The lowest BCUT2D eigenvalue weighted by Crippen LogP contribution is -1.90. The number of nitro benzene ring substituents is 1. The summed E-state index contributed by atoms with van der Waals surface area (Å²) in [5, 5.41) is 14.6. The maximum absolute atomic E-state index is 10.8. The van der Waals surface area contributed by atoms with E-state index < -0.39 is 4.92 Å². The summed E-state index contributed by atoms with van der Waals surface area (Å²) in [7, 11) is 0. The highest BCUT2D eigenvalue weighted by atomic mass is 35.5. The molecular formula is C12H6ClN3O4. The standard InChI is InChI=1S/C12H6ClN3O4/c13-8-4-3-7(6-9(8)16(17)18)12-14-11(15-20-12)10-2-1-5-19-10/h1-6H. The van der Waals surface area contributed by atoms with Crippen LogP contribution in [0.3, 0.4) is 0 Å². The number of hydrogen-bond acceptors (Lipinski definition) is 6.